The van der Waals surface area contributed by atoms with Crippen LogP contribution < -0.4 is 20.7 Å². The van der Waals surface area contributed by atoms with Crippen molar-refractivity contribution in [2.24, 2.45) is 0 Å². The summed E-state index contributed by atoms with van der Waals surface area (Å²) in [6, 6.07) is 80.0. The molecule has 0 radical (unpaired) electrons. The Morgan fingerprint density at radius 3 is 0.957 bits per heavy atom. The summed E-state index contributed by atoms with van der Waals surface area (Å²) in [5, 5.41) is 10.8. The summed E-state index contributed by atoms with van der Waals surface area (Å²) in [5.74, 6) is 0. The Hall–Kier alpha value is -7.98. The van der Waals surface area contributed by atoms with Crippen LogP contribution in [-0.4, -0.2) is 17.2 Å². The molecule has 0 bridgehead atoms. The molecule has 2 nitrogen and oxygen atoms in total. The second-order valence-corrected chi connectivity index (χ2v) is 23.8. The van der Waals surface area contributed by atoms with E-state index < -0.39 is 8.07 Å². The second kappa shape index (κ2) is 15.0. The van der Waals surface area contributed by atoms with E-state index in [0.29, 0.717) is 0 Å². The number of hydrogen-bond acceptors (Lipinski definition) is 0. The molecule has 0 saturated heterocycles. The molecule has 0 N–H and O–H groups in total. The Morgan fingerprint density at radius 2 is 0.609 bits per heavy atom. The van der Waals surface area contributed by atoms with Gasteiger partial charge in [0.25, 0.3) is 0 Å². The summed E-state index contributed by atoms with van der Waals surface area (Å²) in [4.78, 5) is 0. The van der Waals surface area contributed by atoms with Crippen LogP contribution in [0.5, 0.6) is 0 Å². The minimum absolute atomic E-state index is 0.936. The molecule has 328 valence electrons. The standard InChI is InChI=1S/C66H50N2Si/c1-41-15-27-63-59(31-41)60-32-42(2)16-28-64(60)67(63)49-23-19-45-35-47-21-25-53(39-57(47)55(45)37-49)69(51-11-7-5-8-12-51,52-13-9-6-10-14-52)54-26-22-48-36-46-20-24-50(38-56(46)58(48)40-54)68-65-29-17-43(3)33-61(65)62-34-44(4)18-30-66(62)68/h5-34,37-40H,35-36H2,1-4H3. The highest BCUT2D eigenvalue weighted by Crippen LogP contribution is 2.42. The van der Waals surface area contributed by atoms with Gasteiger partial charge in [-0.15, -0.1) is 0 Å². The topological polar surface area (TPSA) is 9.86 Å². The summed E-state index contributed by atoms with van der Waals surface area (Å²) in [5.41, 5.74) is 23.5. The molecule has 0 unspecified atom stereocenters. The van der Waals surface area contributed by atoms with E-state index in [1.54, 1.807) is 0 Å². The van der Waals surface area contributed by atoms with Gasteiger partial charge in [0.05, 0.1) is 22.1 Å². The largest absolute Gasteiger partial charge is 0.309 e. The molecule has 0 saturated carbocycles. The quantitative estimate of drug-likeness (QED) is 0.116. The number of aryl methyl sites for hydroxylation is 4. The lowest BCUT2D eigenvalue weighted by Crippen LogP contribution is -2.74. The monoisotopic (exact) mass is 898 g/mol. The minimum Gasteiger partial charge on any atom is -0.309 e. The molecule has 2 heterocycles. The van der Waals surface area contributed by atoms with E-state index >= 15 is 0 Å². The maximum Gasteiger partial charge on any atom is 0.179 e. The summed E-state index contributed by atoms with van der Waals surface area (Å²) in [6.45, 7) is 8.79. The van der Waals surface area contributed by atoms with Crippen LogP contribution in [0.4, 0.5) is 0 Å². The fourth-order valence-corrected chi connectivity index (χ4v) is 17.3. The lowest BCUT2D eigenvalue weighted by Gasteiger charge is -2.35. The van der Waals surface area contributed by atoms with Crippen LogP contribution in [0.2, 0.25) is 0 Å². The number of aromatic nitrogens is 2. The number of nitrogens with zero attached hydrogens (tertiary/aromatic N) is 2. The van der Waals surface area contributed by atoms with Gasteiger partial charge in [0.15, 0.2) is 8.07 Å². The minimum atomic E-state index is -2.94. The average molecular weight is 899 g/mol. The SMILES string of the molecule is Cc1ccc2c(c1)c1cc(C)ccc1n2-c1ccc2c(c1)-c1cc([Si](c3ccccc3)(c3ccccc3)c3ccc4c(c3)-c3cc(-n5c6ccc(C)cc6c6cc(C)ccc65)ccc3C4)ccc1C2. The van der Waals surface area contributed by atoms with Gasteiger partial charge in [0, 0.05) is 32.9 Å². The first-order valence-electron chi connectivity index (χ1n) is 24.5. The van der Waals surface area contributed by atoms with E-state index in [1.807, 2.05) is 0 Å². The Labute approximate surface area is 404 Å². The van der Waals surface area contributed by atoms with Crippen molar-refractivity contribution in [1.29, 1.82) is 0 Å². The first-order valence-corrected chi connectivity index (χ1v) is 26.5. The first kappa shape index (κ1) is 40.1. The van der Waals surface area contributed by atoms with Crippen LogP contribution in [0.3, 0.4) is 0 Å². The van der Waals surface area contributed by atoms with Crippen molar-refractivity contribution in [2.75, 3.05) is 0 Å². The Balaban J connectivity index is 0.962. The predicted molar refractivity (Wildman–Crippen MR) is 294 cm³/mol. The van der Waals surface area contributed by atoms with E-state index in [1.165, 1.54) is 142 Å². The number of fused-ring (bicyclic) bond motifs is 12. The molecule has 69 heavy (non-hydrogen) atoms. The molecular formula is C66H50N2Si. The van der Waals surface area contributed by atoms with Gasteiger partial charge in [-0.05, 0) is 179 Å². The lowest BCUT2D eigenvalue weighted by atomic mass is 10.0. The van der Waals surface area contributed by atoms with Crippen molar-refractivity contribution in [1.82, 2.24) is 9.13 Å². The van der Waals surface area contributed by atoms with Crippen molar-refractivity contribution in [3.63, 3.8) is 0 Å². The number of rotatable bonds is 6. The van der Waals surface area contributed by atoms with Crippen molar-refractivity contribution in [3.8, 4) is 33.6 Å². The maximum atomic E-state index is 2.60. The highest BCUT2D eigenvalue weighted by atomic mass is 28.3. The molecule has 2 aromatic heterocycles. The molecule has 0 fully saturated rings. The lowest BCUT2D eigenvalue weighted by molar-refractivity contribution is 1.17. The van der Waals surface area contributed by atoms with Crippen LogP contribution in [0.15, 0.2) is 206 Å². The molecule has 2 aliphatic rings. The van der Waals surface area contributed by atoms with Crippen molar-refractivity contribution in [2.45, 2.75) is 40.5 Å². The molecule has 0 atom stereocenters. The van der Waals surface area contributed by atoms with Crippen molar-refractivity contribution in [3.05, 3.63) is 251 Å². The first-order chi connectivity index (χ1) is 33.8. The van der Waals surface area contributed by atoms with E-state index in [-0.39, 0.29) is 0 Å². The molecule has 14 rings (SSSR count). The zero-order chi connectivity index (χ0) is 46.1. The molecule has 0 amide bonds. The fourth-order valence-electron chi connectivity index (χ4n) is 12.5. The van der Waals surface area contributed by atoms with Crippen molar-refractivity contribution < 1.29 is 0 Å². The smallest absolute Gasteiger partial charge is 0.179 e. The average Bonchev–Trinajstić information content (AvgIpc) is 4.11. The third-order valence-electron chi connectivity index (χ3n) is 15.7. The normalized spacial score (nSPS) is 12.8. The third-order valence-corrected chi connectivity index (χ3v) is 20.4. The van der Waals surface area contributed by atoms with Crippen LogP contribution >= 0.6 is 0 Å². The molecule has 0 aliphatic heterocycles. The van der Waals surface area contributed by atoms with Gasteiger partial charge in [-0.25, -0.2) is 0 Å². The van der Waals surface area contributed by atoms with Gasteiger partial charge in [-0.1, -0.05) is 156 Å². The highest BCUT2D eigenvalue weighted by Gasteiger charge is 2.43. The van der Waals surface area contributed by atoms with Crippen LogP contribution in [0.1, 0.15) is 44.5 Å². The summed E-state index contributed by atoms with van der Waals surface area (Å²) in [6.07, 6.45) is 1.87. The second-order valence-electron chi connectivity index (χ2n) is 20.0. The van der Waals surface area contributed by atoms with E-state index in [2.05, 4.69) is 243 Å². The summed E-state index contributed by atoms with van der Waals surface area (Å²) < 4.78 is 4.96. The zero-order valence-corrected chi connectivity index (χ0v) is 40.4. The van der Waals surface area contributed by atoms with Gasteiger partial charge in [0.2, 0.25) is 0 Å². The zero-order valence-electron chi connectivity index (χ0n) is 39.4. The molecular weight excluding hydrogens is 849 g/mol. The Bertz CT molecular complexity index is 3730. The molecule has 12 aromatic rings. The molecule has 10 aromatic carbocycles. The number of hydrogen-bond donors (Lipinski definition) is 0. The van der Waals surface area contributed by atoms with Crippen LogP contribution in [0, 0.1) is 27.7 Å². The van der Waals surface area contributed by atoms with Gasteiger partial charge >= 0.3 is 0 Å². The summed E-state index contributed by atoms with van der Waals surface area (Å²) >= 11 is 0. The van der Waals surface area contributed by atoms with Crippen LogP contribution in [-0.2, 0) is 12.8 Å². The third kappa shape index (κ3) is 5.97. The van der Waals surface area contributed by atoms with Crippen LogP contribution in [0.25, 0.3) is 77.2 Å². The molecule has 3 heteroatoms. The molecule has 2 aliphatic carbocycles. The number of benzene rings is 10. The van der Waals surface area contributed by atoms with Gasteiger partial charge in [0.1, 0.15) is 0 Å². The van der Waals surface area contributed by atoms with Gasteiger partial charge in [-0.2, -0.15) is 0 Å². The van der Waals surface area contributed by atoms with Gasteiger partial charge < -0.3 is 9.13 Å². The van der Waals surface area contributed by atoms with Crippen molar-refractivity contribution >= 4 is 72.4 Å². The van der Waals surface area contributed by atoms with E-state index in [4.69, 9.17) is 0 Å². The van der Waals surface area contributed by atoms with E-state index in [0.717, 1.165) is 12.8 Å². The highest BCUT2D eigenvalue weighted by molar-refractivity contribution is 7.20. The van der Waals surface area contributed by atoms with E-state index in [9.17, 15) is 0 Å². The Morgan fingerprint density at radius 1 is 0.290 bits per heavy atom. The fraction of sp³-hybridized carbons (Fsp3) is 0.0909. The summed E-state index contributed by atoms with van der Waals surface area (Å²) in [7, 11) is -2.94. The predicted octanol–water partition coefficient (Wildman–Crippen LogP) is 13.6. The molecule has 0 spiro atoms. The van der Waals surface area contributed by atoms with Gasteiger partial charge in [-0.3, -0.25) is 0 Å². The maximum absolute atomic E-state index is 2.94. The Kier molecular flexibility index (Phi) is 8.73.